The van der Waals surface area contributed by atoms with Crippen molar-refractivity contribution < 1.29 is 9.59 Å². The van der Waals surface area contributed by atoms with E-state index in [0.29, 0.717) is 24.0 Å². The van der Waals surface area contributed by atoms with E-state index >= 15 is 0 Å². The molecule has 7 heteroatoms. The Bertz CT molecular complexity index is 996. The van der Waals surface area contributed by atoms with Crippen molar-refractivity contribution >= 4 is 22.7 Å². The smallest absolute Gasteiger partial charge is 0.261 e. The summed E-state index contributed by atoms with van der Waals surface area (Å²) in [5, 5.41) is 0.543. The second kappa shape index (κ2) is 5.90. The Morgan fingerprint density at radius 2 is 2.04 bits per heavy atom. The van der Waals surface area contributed by atoms with Gasteiger partial charge in [0.25, 0.3) is 5.56 Å². The monoisotopic (exact) mass is 368 g/mol. The standard InChI is InChI=1S/C20H24N4O3/c1-19(2)10-20(18(21)27)11-24(9-15(19)20)16(25)7-8-23-12-22-14-6-4-3-5-13(14)17(23)26/h3-6,12,15H,7-11H2,1-2H3,(H2,21,27)/t15-,20+/m1/s1. The molecule has 1 aromatic heterocycles. The highest BCUT2D eigenvalue weighted by molar-refractivity contribution is 5.86. The molecular formula is C20H24N4O3. The second-order valence-corrected chi connectivity index (χ2v) is 8.52. The van der Waals surface area contributed by atoms with E-state index in [4.69, 9.17) is 5.73 Å². The summed E-state index contributed by atoms with van der Waals surface area (Å²) in [6.07, 6.45) is 2.40. The maximum absolute atomic E-state index is 12.7. The molecule has 1 saturated heterocycles. The Balaban J connectivity index is 1.47. The molecule has 7 nitrogen and oxygen atoms in total. The zero-order valence-corrected chi connectivity index (χ0v) is 15.6. The van der Waals surface area contributed by atoms with Gasteiger partial charge in [-0.15, -0.1) is 0 Å². The highest BCUT2D eigenvalue weighted by atomic mass is 16.2. The van der Waals surface area contributed by atoms with E-state index < -0.39 is 5.41 Å². The first-order valence-electron chi connectivity index (χ1n) is 9.26. The summed E-state index contributed by atoms with van der Waals surface area (Å²) < 4.78 is 1.47. The van der Waals surface area contributed by atoms with Crippen LogP contribution in [0.15, 0.2) is 35.4 Å². The van der Waals surface area contributed by atoms with E-state index in [9.17, 15) is 14.4 Å². The fourth-order valence-electron chi connectivity index (χ4n) is 5.06. The quantitative estimate of drug-likeness (QED) is 0.875. The number of aryl methyl sites for hydroxylation is 1. The number of hydrogen-bond donors (Lipinski definition) is 1. The van der Waals surface area contributed by atoms with Crippen LogP contribution in [0.2, 0.25) is 0 Å². The number of carbonyl (C=O) groups is 2. The molecule has 0 unspecified atom stereocenters. The van der Waals surface area contributed by atoms with Gasteiger partial charge in [-0.3, -0.25) is 19.0 Å². The first-order chi connectivity index (χ1) is 12.7. The molecule has 1 aromatic carbocycles. The molecule has 1 saturated carbocycles. The fourth-order valence-corrected chi connectivity index (χ4v) is 5.06. The molecule has 0 spiro atoms. The zero-order valence-electron chi connectivity index (χ0n) is 15.6. The van der Waals surface area contributed by atoms with Gasteiger partial charge in [0.05, 0.1) is 22.6 Å². The van der Waals surface area contributed by atoms with Crippen LogP contribution in [-0.2, 0) is 16.1 Å². The van der Waals surface area contributed by atoms with E-state index in [-0.39, 0.29) is 41.7 Å². The van der Waals surface area contributed by atoms with Crippen molar-refractivity contribution in [2.75, 3.05) is 13.1 Å². The lowest BCUT2D eigenvalue weighted by Crippen LogP contribution is -2.59. The lowest BCUT2D eigenvalue weighted by molar-refractivity contribution is -0.148. The molecule has 2 atom stereocenters. The van der Waals surface area contributed by atoms with E-state index in [2.05, 4.69) is 18.8 Å². The van der Waals surface area contributed by atoms with Crippen LogP contribution in [0.4, 0.5) is 0 Å². The van der Waals surface area contributed by atoms with Gasteiger partial charge in [0.2, 0.25) is 11.8 Å². The molecule has 0 bridgehead atoms. The summed E-state index contributed by atoms with van der Waals surface area (Å²) >= 11 is 0. The largest absolute Gasteiger partial charge is 0.369 e. The molecule has 27 heavy (non-hydrogen) atoms. The molecule has 1 aliphatic carbocycles. The second-order valence-electron chi connectivity index (χ2n) is 8.52. The predicted octanol–water partition coefficient (Wildman–Crippen LogP) is 1.15. The molecule has 4 rings (SSSR count). The van der Waals surface area contributed by atoms with E-state index in [1.807, 2.05) is 6.07 Å². The summed E-state index contributed by atoms with van der Waals surface area (Å²) in [7, 11) is 0. The van der Waals surface area contributed by atoms with Crippen LogP contribution in [0.1, 0.15) is 26.7 Å². The van der Waals surface area contributed by atoms with Crippen molar-refractivity contribution in [2.45, 2.75) is 33.2 Å². The molecule has 2 fully saturated rings. The molecule has 1 aliphatic heterocycles. The van der Waals surface area contributed by atoms with Crippen molar-refractivity contribution in [3.8, 4) is 0 Å². The number of amides is 2. The van der Waals surface area contributed by atoms with Crippen molar-refractivity contribution in [3.63, 3.8) is 0 Å². The van der Waals surface area contributed by atoms with Crippen LogP contribution >= 0.6 is 0 Å². The average molecular weight is 368 g/mol. The van der Waals surface area contributed by atoms with E-state index in [1.165, 1.54) is 10.9 Å². The summed E-state index contributed by atoms with van der Waals surface area (Å²) in [5.74, 6) is -0.255. The summed E-state index contributed by atoms with van der Waals surface area (Å²) in [6, 6.07) is 7.16. The fraction of sp³-hybridized carbons (Fsp3) is 0.500. The van der Waals surface area contributed by atoms with Gasteiger partial charge < -0.3 is 10.6 Å². The topological polar surface area (TPSA) is 98.3 Å². The number of carbonyl (C=O) groups excluding carboxylic acids is 2. The minimum Gasteiger partial charge on any atom is -0.369 e. The Morgan fingerprint density at radius 1 is 1.30 bits per heavy atom. The van der Waals surface area contributed by atoms with Crippen molar-refractivity contribution in [1.29, 1.82) is 0 Å². The van der Waals surface area contributed by atoms with Gasteiger partial charge in [-0.05, 0) is 29.9 Å². The number of likely N-dealkylation sites (tertiary alicyclic amines) is 1. The molecule has 2 heterocycles. The summed E-state index contributed by atoms with van der Waals surface area (Å²) in [4.78, 5) is 43.3. The number of nitrogens with two attached hydrogens (primary N) is 1. The lowest BCUT2D eigenvalue weighted by atomic mass is 9.48. The lowest BCUT2D eigenvalue weighted by Gasteiger charge is -2.54. The molecule has 142 valence electrons. The Morgan fingerprint density at radius 3 is 2.70 bits per heavy atom. The molecule has 2 aromatic rings. The normalized spacial score (nSPS) is 25.9. The van der Waals surface area contributed by atoms with E-state index in [1.54, 1.807) is 23.1 Å². The third kappa shape index (κ3) is 2.64. The van der Waals surface area contributed by atoms with Gasteiger partial charge in [-0.25, -0.2) is 4.98 Å². The van der Waals surface area contributed by atoms with Crippen molar-refractivity contribution in [3.05, 3.63) is 40.9 Å². The van der Waals surface area contributed by atoms with Crippen LogP contribution in [0.3, 0.4) is 0 Å². The van der Waals surface area contributed by atoms with Crippen molar-refractivity contribution in [1.82, 2.24) is 14.5 Å². The maximum Gasteiger partial charge on any atom is 0.261 e. The summed E-state index contributed by atoms with van der Waals surface area (Å²) in [6.45, 7) is 5.45. The van der Waals surface area contributed by atoms with Crippen LogP contribution in [-0.4, -0.2) is 39.4 Å². The Labute approximate surface area is 157 Å². The van der Waals surface area contributed by atoms with Crippen LogP contribution < -0.4 is 11.3 Å². The van der Waals surface area contributed by atoms with Gasteiger partial charge in [0, 0.05) is 26.1 Å². The number of fused-ring (bicyclic) bond motifs is 2. The van der Waals surface area contributed by atoms with Gasteiger partial charge in [-0.2, -0.15) is 0 Å². The zero-order chi connectivity index (χ0) is 19.4. The number of rotatable bonds is 4. The van der Waals surface area contributed by atoms with Crippen LogP contribution in [0, 0.1) is 16.7 Å². The number of para-hydroxylation sites is 1. The average Bonchev–Trinajstić information content (AvgIpc) is 2.97. The minimum absolute atomic E-state index is 0.0171. The molecular weight excluding hydrogens is 344 g/mol. The van der Waals surface area contributed by atoms with E-state index in [0.717, 1.165) is 6.42 Å². The third-order valence-corrected chi connectivity index (χ3v) is 6.40. The highest BCUT2D eigenvalue weighted by Crippen LogP contribution is 2.62. The Hall–Kier alpha value is -2.70. The predicted molar refractivity (Wildman–Crippen MR) is 101 cm³/mol. The van der Waals surface area contributed by atoms with Gasteiger partial charge >= 0.3 is 0 Å². The van der Waals surface area contributed by atoms with Crippen molar-refractivity contribution in [2.24, 2.45) is 22.5 Å². The van der Waals surface area contributed by atoms with Crippen LogP contribution in [0.5, 0.6) is 0 Å². The summed E-state index contributed by atoms with van der Waals surface area (Å²) in [5.41, 5.74) is 5.60. The number of nitrogens with zero attached hydrogens (tertiary/aromatic N) is 3. The van der Waals surface area contributed by atoms with Crippen LogP contribution in [0.25, 0.3) is 10.9 Å². The number of aromatic nitrogens is 2. The minimum atomic E-state index is -0.583. The molecule has 0 radical (unpaired) electrons. The van der Waals surface area contributed by atoms with Gasteiger partial charge in [0.15, 0.2) is 0 Å². The van der Waals surface area contributed by atoms with Gasteiger partial charge in [0.1, 0.15) is 0 Å². The first-order valence-corrected chi connectivity index (χ1v) is 9.26. The van der Waals surface area contributed by atoms with Gasteiger partial charge in [-0.1, -0.05) is 26.0 Å². The first kappa shape index (κ1) is 17.7. The number of primary amides is 1. The maximum atomic E-state index is 12.7. The molecule has 2 N–H and O–H groups in total. The molecule has 2 aliphatic rings. The SMILES string of the molecule is CC1(C)C[C@]2(C(N)=O)CN(C(=O)CCn3cnc4ccccc4c3=O)C[C@H]12. The third-order valence-electron chi connectivity index (χ3n) is 6.40. The number of hydrogen-bond acceptors (Lipinski definition) is 4. The highest BCUT2D eigenvalue weighted by Gasteiger charge is 2.66. The Kier molecular flexibility index (Phi) is 3.87. The number of benzene rings is 1. The molecule has 2 amide bonds.